The van der Waals surface area contributed by atoms with Gasteiger partial charge in [0.05, 0.1) is 0 Å². The van der Waals surface area contributed by atoms with Crippen molar-refractivity contribution in [2.75, 3.05) is 11.9 Å². The van der Waals surface area contributed by atoms with Gasteiger partial charge in [-0.1, -0.05) is 0 Å². The van der Waals surface area contributed by atoms with Gasteiger partial charge >= 0.3 is 6.03 Å². The molecule has 1 saturated heterocycles. The van der Waals surface area contributed by atoms with Crippen molar-refractivity contribution in [1.29, 1.82) is 0 Å². The van der Waals surface area contributed by atoms with E-state index in [1.54, 1.807) is 13.8 Å². The Kier molecular flexibility index (Phi) is 3.71. The average molecular weight is 293 g/mol. The maximum atomic E-state index is 12.0. The number of nitrogens with one attached hydrogen (secondary N) is 3. The van der Waals surface area contributed by atoms with E-state index in [4.69, 9.17) is 0 Å². The number of hydrogen-bond donors (Lipinski definition) is 3. The second-order valence-electron chi connectivity index (χ2n) is 5.63. The van der Waals surface area contributed by atoms with Crippen LogP contribution in [0.15, 0.2) is 0 Å². The fourth-order valence-electron chi connectivity index (χ4n) is 2.04. The number of carbonyl (C=O) groups is 3. The fraction of sp³-hybridized carbons (Fsp3) is 0.538. The summed E-state index contributed by atoms with van der Waals surface area (Å²) in [7, 11) is 0. The number of urea groups is 1. The molecule has 3 N–H and O–H groups in total. The summed E-state index contributed by atoms with van der Waals surface area (Å²) in [6.45, 7) is 7.00. The number of anilines is 1. The van der Waals surface area contributed by atoms with Crippen LogP contribution in [0.5, 0.6) is 0 Å². The predicted molar refractivity (Wildman–Crippen MR) is 75.6 cm³/mol. The minimum Gasteiger partial charge on any atom is -0.324 e. The van der Waals surface area contributed by atoms with Gasteiger partial charge in [0, 0.05) is 24.2 Å². The molecule has 0 unspecified atom stereocenters. The van der Waals surface area contributed by atoms with Gasteiger partial charge in [-0.15, -0.1) is 0 Å². The molecule has 0 aliphatic carbocycles. The summed E-state index contributed by atoms with van der Waals surface area (Å²) >= 11 is 0. The van der Waals surface area contributed by atoms with Crippen molar-refractivity contribution in [2.45, 2.75) is 39.7 Å². The zero-order chi connectivity index (χ0) is 15.8. The molecule has 1 aliphatic heterocycles. The van der Waals surface area contributed by atoms with E-state index in [9.17, 15) is 14.4 Å². The third kappa shape index (κ3) is 2.88. The van der Waals surface area contributed by atoms with Crippen molar-refractivity contribution in [2.24, 2.45) is 0 Å². The quantitative estimate of drug-likeness (QED) is 0.710. The van der Waals surface area contributed by atoms with Crippen LogP contribution in [0.1, 0.15) is 31.5 Å². The van der Waals surface area contributed by atoms with Gasteiger partial charge in [-0.05, 0) is 27.7 Å². The highest BCUT2D eigenvalue weighted by Gasteiger charge is 2.43. The molecule has 0 saturated carbocycles. The van der Waals surface area contributed by atoms with Crippen molar-refractivity contribution in [3.63, 3.8) is 0 Å². The zero-order valence-electron chi connectivity index (χ0n) is 12.5. The molecular weight excluding hydrogens is 274 g/mol. The Morgan fingerprint density at radius 3 is 2.48 bits per heavy atom. The van der Waals surface area contributed by atoms with Gasteiger partial charge in [0.2, 0.25) is 5.91 Å². The highest BCUT2D eigenvalue weighted by atomic mass is 16.2. The number of aromatic nitrogens is 2. The Morgan fingerprint density at radius 2 is 2.00 bits per heavy atom. The van der Waals surface area contributed by atoms with Gasteiger partial charge in [-0.25, -0.2) is 4.79 Å². The second-order valence-corrected chi connectivity index (χ2v) is 5.63. The summed E-state index contributed by atoms with van der Waals surface area (Å²) in [5, 5.41) is 12.0. The second kappa shape index (κ2) is 5.19. The Hall–Kier alpha value is -2.38. The summed E-state index contributed by atoms with van der Waals surface area (Å²) in [6, 6.07) is -0.468. The molecule has 21 heavy (non-hydrogen) atoms. The monoisotopic (exact) mass is 293 g/mol. The number of hydrogen-bond acceptors (Lipinski definition) is 4. The standard InChI is InChI=1S/C13H19N5O3/c1-7-8(2)16-17-10(7)14-9(19)5-6-18-11(20)13(3,4)15-12(18)21/h5-6H2,1-4H3,(H,15,21)(H2,14,16,17,19). The van der Waals surface area contributed by atoms with Crippen LogP contribution in [0.25, 0.3) is 0 Å². The van der Waals surface area contributed by atoms with Gasteiger partial charge in [-0.2, -0.15) is 5.10 Å². The number of amides is 4. The molecular formula is C13H19N5O3. The number of imide groups is 1. The largest absolute Gasteiger partial charge is 0.325 e. The molecule has 0 aromatic carbocycles. The van der Waals surface area contributed by atoms with E-state index in [1.165, 1.54) is 0 Å². The van der Waals surface area contributed by atoms with Crippen LogP contribution in [0, 0.1) is 13.8 Å². The van der Waals surface area contributed by atoms with Crippen molar-refractivity contribution in [1.82, 2.24) is 20.4 Å². The highest BCUT2D eigenvalue weighted by Crippen LogP contribution is 2.17. The zero-order valence-corrected chi connectivity index (χ0v) is 12.5. The molecule has 2 heterocycles. The van der Waals surface area contributed by atoms with Gasteiger partial charge < -0.3 is 10.6 Å². The lowest BCUT2D eigenvalue weighted by Gasteiger charge is -2.15. The summed E-state index contributed by atoms with van der Waals surface area (Å²) in [5.41, 5.74) is 0.823. The highest BCUT2D eigenvalue weighted by molar-refractivity contribution is 6.06. The predicted octanol–water partition coefficient (Wildman–Crippen LogP) is 0.686. The maximum absolute atomic E-state index is 12.0. The van der Waals surface area contributed by atoms with E-state index < -0.39 is 11.6 Å². The summed E-state index contributed by atoms with van der Waals surface area (Å²) in [6.07, 6.45) is 0.0284. The molecule has 8 heteroatoms. The summed E-state index contributed by atoms with van der Waals surface area (Å²) in [5.74, 6) is -0.156. The molecule has 4 amide bonds. The lowest BCUT2D eigenvalue weighted by molar-refractivity contribution is -0.130. The van der Waals surface area contributed by atoms with E-state index in [2.05, 4.69) is 20.8 Å². The average Bonchev–Trinajstić information content (AvgIpc) is 2.79. The van der Waals surface area contributed by atoms with Gasteiger partial charge in [0.1, 0.15) is 5.54 Å². The van der Waals surface area contributed by atoms with E-state index in [0.29, 0.717) is 5.82 Å². The third-order valence-corrected chi connectivity index (χ3v) is 3.52. The first-order chi connectivity index (χ1) is 9.72. The summed E-state index contributed by atoms with van der Waals surface area (Å²) < 4.78 is 0. The number of aryl methyl sites for hydroxylation is 1. The topological polar surface area (TPSA) is 107 Å². The lowest BCUT2D eigenvalue weighted by Crippen LogP contribution is -2.40. The van der Waals surface area contributed by atoms with Gasteiger partial charge in [0.25, 0.3) is 5.91 Å². The minimum atomic E-state index is -0.913. The van der Waals surface area contributed by atoms with Gasteiger partial charge in [0.15, 0.2) is 5.82 Å². The van der Waals surface area contributed by atoms with E-state index in [-0.39, 0.29) is 24.8 Å². The van der Waals surface area contributed by atoms with Crippen LogP contribution in [-0.4, -0.2) is 45.0 Å². The molecule has 1 aliphatic rings. The number of rotatable bonds is 4. The molecule has 1 fully saturated rings. The summed E-state index contributed by atoms with van der Waals surface area (Å²) in [4.78, 5) is 36.6. The molecule has 0 radical (unpaired) electrons. The van der Waals surface area contributed by atoms with E-state index in [1.807, 2.05) is 13.8 Å². The molecule has 8 nitrogen and oxygen atoms in total. The van der Waals surface area contributed by atoms with Crippen LogP contribution in [0.3, 0.4) is 0 Å². The Morgan fingerprint density at radius 1 is 1.33 bits per heavy atom. The van der Waals surface area contributed by atoms with Crippen molar-refractivity contribution in [3.8, 4) is 0 Å². The van der Waals surface area contributed by atoms with Crippen LogP contribution in [0.2, 0.25) is 0 Å². The molecule has 2 rings (SSSR count). The number of H-pyrrole nitrogens is 1. The SMILES string of the molecule is Cc1[nH]nc(NC(=O)CCN2C(=O)NC(C)(C)C2=O)c1C. The Balaban J connectivity index is 1.92. The molecule has 1 aromatic heterocycles. The van der Waals surface area contributed by atoms with Crippen LogP contribution < -0.4 is 10.6 Å². The Bertz CT molecular complexity index is 605. The molecule has 114 valence electrons. The smallest absolute Gasteiger partial charge is 0.324 e. The number of carbonyl (C=O) groups excluding carboxylic acids is 3. The number of aromatic amines is 1. The molecule has 1 aromatic rings. The van der Waals surface area contributed by atoms with Gasteiger partial charge in [-0.3, -0.25) is 19.6 Å². The van der Waals surface area contributed by atoms with Crippen molar-refractivity contribution < 1.29 is 14.4 Å². The Labute approximate surface area is 122 Å². The van der Waals surface area contributed by atoms with Crippen molar-refractivity contribution in [3.05, 3.63) is 11.3 Å². The van der Waals surface area contributed by atoms with E-state index in [0.717, 1.165) is 16.2 Å². The van der Waals surface area contributed by atoms with Crippen LogP contribution >= 0.6 is 0 Å². The first-order valence-corrected chi connectivity index (χ1v) is 6.68. The molecule has 0 spiro atoms. The third-order valence-electron chi connectivity index (χ3n) is 3.52. The van der Waals surface area contributed by atoms with E-state index >= 15 is 0 Å². The van der Waals surface area contributed by atoms with Crippen LogP contribution in [0.4, 0.5) is 10.6 Å². The first kappa shape index (κ1) is 15.0. The normalized spacial score (nSPS) is 17.0. The fourth-order valence-corrected chi connectivity index (χ4v) is 2.04. The van der Waals surface area contributed by atoms with Crippen molar-refractivity contribution >= 4 is 23.7 Å². The minimum absolute atomic E-state index is 0.0284. The number of nitrogens with zero attached hydrogens (tertiary/aromatic N) is 2. The first-order valence-electron chi connectivity index (χ1n) is 6.68. The molecule has 0 bridgehead atoms. The maximum Gasteiger partial charge on any atom is 0.325 e. The van der Waals surface area contributed by atoms with Crippen LogP contribution in [-0.2, 0) is 9.59 Å². The lowest BCUT2D eigenvalue weighted by atomic mass is 10.1. The molecule has 0 atom stereocenters.